The van der Waals surface area contributed by atoms with E-state index in [4.69, 9.17) is 5.73 Å². The van der Waals surface area contributed by atoms with Crippen LogP contribution < -0.4 is 11.1 Å². The predicted octanol–water partition coefficient (Wildman–Crippen LogP) is 4.37. The Morgan fingerprint density at radius 3 is 2.52 bits per heavy atom. The molecule has 21 heavy (non-hydrogen) atoms. The Bertz CT molecular complexity index is 659. The molecule has 2 aromatic rings. The highest BCUT2D eigenvalue weighted by Crippen LogP contribution is 2.36. The third kappa shape index (κ3) is 3.81. The first-order chi connectivity index (χ1) is 9.77. The number of phenolic OH excluding ortho intramolecular Hbond substituents is 1. The van der Waals surface area contributed by atoms with Gasteiger partial charge in [0.25, 0.3) is 0 Å². The van der Waals surface area contributed by atoms with Gasteiger partial charge in [0.15, 0.2) is 0 Å². The highest BCUT2D eigenvalue weighted by Gasteiger charge is 2.33. The second-order valence-corrected chi connectivity index (χ2v) is 5.35. The lowest BCUT2D eigenvalue weighted by atomic mass is 10.1. The summed E-state index contributed by atoms with van der Waals surface area (Å²) in [5.74, 6) is -0.0275. The van der Waals surface area contributed by atoms with Crippen LogP contribution in [0.5, 0.6) is 5.75 Å². The largest absolute Gasteiger partial charge is 0.508 e. The fourth-order valence-electron chi connectivity index (χ4n) is 1.85. The zero-order chi connectivity index (χ0) is 15.6. The van der Waals surface area contributed by atoms with Crippen molar-refractivity contribution in [2.24, 2.45) is 0 Å². The third-order valence-corrected chi connectivity index (χ3v) is 3.35. The maximum Gasteiger partial charge on any atom is 0.418 e. The second kappa shape index (κ2) is 5.85. The molecule has 0 spiro atoms. The number of nitrogens with two attached hydrogens (primary N) is 1. The molecule has 0 bridgehead atoms. The number of halogens is 4. The van der Waals surface area contributed by atoms with E-state index in [1.165, 1.54) is 30.3 Å². The van der Waals surface area contributed by atoms with Gasteiger partial charge < -0.3 is 16.2 Å². The molecular formula is C14H12BrF3N2O. The van der Waals surface area contributed by atoms with Crippen LogP contribution in [0.15, 0.2) is 40.9 Å². The zero-order valence-electron chi connectivity index (χ0n) is 10.7. The van der Waals surface area contributed by atoms with Gasteiger partial charge >= 0.3 is 6.18 Å². The molecule has 2 rings (SSSR count). The Morgan fingerprint density at radius 2 is 1.86 bits per heavy atom. The van der Waals surface area contributed by atoms with Crippen LogP contribution in [0, 0.1) is 0 Å². The number of rotatable bonds is 3. The topological polar surface area (TPSA) is 58.3 Å². The van der Waals surface area contributed by atoms with Crippen molar-refractivity contribution in [2.45, 2.75) is 12.7 Å². The van der Waals surface area contributed by atoms with Gasteiger partial charge in [-0.1, -0.05) is 15.9 Å². The van der Waals surface area contributed by atoms with Crippen LogP contribution in [-0.4, -0.2) is 5.11 Å². The van der Waals surface area contributed by atoms with E-state index in [9.17, 15) is 18.3 Å². The van der Waals surface area contributed by atoms with Gasteiger partial charge in [0.1, 0.15) is 5.75 Å². The van der Waals surface area contributed by atoms with E-state index in [0.29, 0.717) is 15.7 Å². The molecule has 0 amide bonds. The lowest BCUT2D eigenvalue weighted by Gasteiger charge is -2.15. The minimum Gasteiger partial charge on any atom is -0.508 e. The number of aromatic hydroxyl groups is 1. The van der Waals surface area contributed by atoms with Gasteiger partial charge in [0.05, 0.1) is 5.56 Å². The molecule has 0 aliphatic carbocycles. The maximum atomic E-state index is 12.9. The molecule has 112 valence electrons. The molecule has 0 saturated carbocycles. The fourth-order valence-corrected chi connectivity index (χ4v) is 2.21. The molecule has 0 saturated heterocycles. The quantitative estimate of drug-likeness (QED) is 0.562. The first-order valence-electron chi connectivity index (χ1n) is 5.95. The van der Waals surface area contributed by atoms with Gasteiger partial charge in [0, 0.05) is 28.0 Å². The van der Waals surface area contributed by atoms with Crippen molar-refractivity contribution in [1.82, 2.24) is 0 Å². The third-order valence-electron chi connectivity index (χ3n) is 2.86. The van der Waals surface area contributed by atoms with Crippen LogP contribution in [0.3, 0.4) is 0 Å². The van der Waals surface area contributed by atoms with Gasteiger partial charge in [-0.3, -0.25) is 0 Å². The number of alkyl halides is 3. The summed E-state index contributed by atoms with van der Waals surface area (Å²) in [6, 6.07) is 8.08. The van der Waals surface area contributed by atoms with Crippen molar-refractivity contribution < 1.29 is 18.3 Å². The minimum absolute atomic E-state index is 0.0242. The summed E-state index contributed by atoms with van der Waals surface area (Å²) in [6.07, 6.45) is -4.46. The monoisotopic (exact) mass is 360 g/mol. The molecule has 3 nitrogen and oxygen atoms in total. The normalized spacial score (nSPS) is 11.4. The van der Waals surface area contributed by atoms with Crippen LogP contribution in [0.25, 0.3) is 0 Å². The first kappa shape index (κ1) is 15.5. The van der Waals surface area contributed by atoms with E-state index in [1.807, 2.05) is 0 Å². The number of phenols is 1. The number of anilines is 2. The van der Waals surface area contributed by atoms with E-state index in [-0.39, 0.29) is 18.0 Å². The molecule has 0 unspecified atom stereocenters. The molecule has 0 heterocycles. The average Bonchev–Trinajstić information content (AvgIpc) is 2.38. The molecule has 0 aliphatic heterocycles. The molecule has 7 heteroatoms. The molecule has 4 N–H and O–H groups in total. The zero-order valence-corrected chi connectivity index (χ0v) is 12.3. The van der Waals surface area contributed by atoms with Gasteiger partial charge in [-0.15, -0.1) is 0 Å². The Kier molecular flexibility index (Phi) is 4.32. The number of nitrogens with one attached hydrogen (secondary N) is 1. The molecule has 0 atom stereocenters. The smallest absolute Gasteiger partial charge is 0.418 e. The van der Waals surface area contributed by atoms with Crippen LogP contribution in [0.2, 0.25) is 0 Å². The predicted molar refractivity (Wildman–Crippen MR) is 79.0 cm³/mol. The van der Waals surface area contributed by atoms with E-state index in [0.717, 1.165) is 6.07 Å². The van der Waals surface area contributed by atoms with Crippen molar-refractivity contribution >= 4 is 27.3 Å². The SMILES string of the molecule is Nc1ccc(O)c(CNc2cc(Br)ccc2C(F)(F)F)c1. The Labute approximate surface area is 127 Å². The highest BCUT2D eigenvalue weighted by molar-refractivity contribution is 9.10. The fraction of sp³-hybridized carbons (Fsp3) is 0.143. The second-order valence-electron chi connectivity index (χ2n) is 4.43. The summed E-state index contributed by atoms with van der Waals surface area (Å²) in [6.45, 7) is 0.0242. The Morgan fingerprint density at radius 1 is 1.14 bits per heavy atom. The van der Waals surface area contributed by atoms with Gasteiger partial charge in [0.2, 0.25) is 0 Å². The van der Waals surface area contributed by atoms with Crippen LogP contribution >= 0.6 is 15.9 Å². The Balaban J connectivity index is 2.27. The van der Waals surface area contributed by atoms with Gasteiger partial charge in [-0.05, 0) is 36.4 Å². The number of benzene rings is 2. The minimum atomic E-state index is -4.46. The lowest BCUT2D eigenvalue weighted by Crippen LogP contribution is -2.11. The average molecular weight is 361 g/mol. The summed E-state index contributed by atoms with van der Waals surface area (Å²) in [5, 5.41) is 12.3. The highest BCUT2D eigenvalue weighted by atomic mass is 79.9. The van der Waals surface area contributed by atoms with Crippen molar-refractivity contribution in [2.75, 3.05) is 11.1 Å². The van der Waals surface area contributed by atoms with Gasteiger partial charge in [-0.25, -0.2) is 0 Å². The van der Waals surface area contributed by atoms with E-state index in [2.05, 4.69) is 21.2 Å². The molecule has 2 aromatic carbocycles. The molecule has 0 fully saturated rings. The Hall–Kier alpha value is -1.89. The molecule has 0 aliphatic rings. The molecule has 0 radical (unpaired) electrons. The summed E-state index contributed by atoms with van der Waals surface area (Å²) < 4.78 is 39.3. The molecular weight excluding hydrogens is 349 g/mol. The van der Waals surface area contributed by atoms with E-state index < -0.39 is 11.7 Å². The van der Waals surface area contributed by atoms with Crippen LogP contribution in [-0.2, 0) is 12.7 Å². The van der Waals surface area contributed by atoms with Crippen LogP contribution in [0.1, 0.15) is 11.1 Å². The van der Waals surface area contributed by atoms with Crippen molar-refractivity contribution in [1.29, 1.82) is 0 Å². The van der Waals surface area contributed by atoms with Crippen molar-refractivity contribution in [3.05, 3.63) is 52.0 Å². The van der Waals surface area contributed by atoms with E-state index in [1.54, 1.807) is 0 Å². The lowest BCUT2D eigenvalue weighted by molar-refractivity contribution is -0.137. The summed E-state index contributed by atoms with van der Waals surface area (Å²) in [4.78, 5) is 0. The summed E-state index contributed by atoms with van der Waals surface area (Å²) in [5.41, 5.74) is 5.60. The summed E-state index contributed by atoms with van der Waals surface area (Å²) in [7, 11) is 0. The van der Waals surface area contributed by atoms with E-state index >= 15 is 0 Å². The first-order valence-corrected chi connectivity index (χ1v) is 6.74. The number of hydrogen-bond acceptors (Lipinski definition) is 3. The maximum absolute atomic E-state index is 12.9. The molecule has 0 aromatic heterocycles. The number of hydrogen-bond donors (Lipinski definition) is 3. The van der Waals surface area contributed by atoms with Crippen molar-refractivity contribution in [3.63, 3.8) is 0 Å². The van der Waals surface area contributed by atoms with Crippen LogP contribution in [0.4, 0.5) is 24.5 Å². The van der Waals surface area contributed by atoms with Gasteiger partial charge in [-0.2, -0.15) is 13.2 Å². The van der Waals surface area contributed by atoms with Crippen molar-refractivity contribution in [3.8, 4) is 5.75 Å². The number of nitrogen functional groups attached to an aromatic ring is 1. The standard InChI is InChI=1S/C14H12BrF3N2O/c15-9-1-3-11(14(16,17)18)12(6-9)20-7-8-5-10(19)2-4-13(8)21/h1-6,20-21H,7,19H2. The summed E-state index contributed by atoms with van der Waals surface area (Å²) >= 11 is 3.14.